The molecule has 1 aliphatic rings. The average molecular weight is 537 g/mol. The lowest BCUT2D eigenvalue weighted by molar-refractivity contribution is 0.248. The summed E-state index contributed by atoms with van der Waals surface area (Å²) in [7, 11) is 0. The van der Waals surface area contributed by atoms with Gasteiger partial charge in [0, 0.05) is 49.0 Å². The minimum atomic E-state index is 0.689. The molecular formula is C23H31BrClN7O. The Labute approximate surface area is 208 Å². The molecule has 3 heterocycles. The van der Waals surface area contributed by atoms with Crippen LogP contribution in [0.1, 0.15) is 25.8 Å². The predicted octanol–water partition coefficient (Wildman–Crippen LogP) is 4.51. The first-order valence-corrected chi connectivity index (χ1v) is 12.7. The van der Waals surface area contributed by atoms with Crippen molar-refractivity contribution in [2.24, 2.45) is 0 Å². The lowest BCUT2D eigenvalue weighted by Gasteiger charge is -2.37. The normalized spacial score (nSPS) is 14.5. The summed E-state index contributed by atoms with van der Waals surface area (Å²) in [5, 5.41) is 8.78. The van der Waals surface area contributed by atoms with E-state index in [0.717, 1.165) is 90.7 Å². The van der Waals surface area contributed by atoms with Crippen molar-refractivity contribution in [3.05, 3.63) is 33.6 Å². The van der Waals surface area contributed by atoms with Crippen LogP contribution in [0.5, 0.6) is 5.75 Å². The summed E-state index contributed by atoms with van der Waals surface area (Å²) >= 11 is 10.00. The van der Waals surface area contributed by atoms with Gasteiger partial charge in [0.2, 0.25) is 0 Å². The van der Waals surface area contributed by atoms with Crippen LogP contribution in [0.4, 0.5) is 11.5 Å². The van der Waals surface area contributed by atoms with Crippen LogP contribution < -0.4 is 14.5 Å². The van der Waals surface area contributed by atoms with E-state index >= 15 is 0 Å². The van der Waals surface area contributed by atoms with E-state index < -0.39 is 0 Å². The Morgan fingerprint density at radius 1 is 1.12 bits per heavy atom. The highest BCUT2D eigenvalue weighted by molar-refractivity contribution is 9.10. The number of hydrogen-bond acceptors (Lipinski definition) is 7. The van der Waals surface area contributed by atoms with Crippen LogP contribution in [0, 0.1) is 6.92 Å². The number of fused-ring (bicyclic) bond motifs is 1. The Morgan fingerprint density at radius 3 is 2.58 bits per heavy atom. The van der Waals surface area contributed by atoms with Crippen LogP contribution in [0.15, 0.2) is 23.1 Å². The number of nitrogens with one attached hydrogen (secondary N) is 1. The van der Waals surface area contributed by atoms with Gasteiger partial charge in [-0.1, -0.05) is 25.4 Å². The van der Waals surface area contributed by atoms with Crippen molar-refractivity contribution >= 4 is 50.1 Å². The quantitative estimate of drug-likeness (QED) is 0.403. The smallest absolute Gasteiger partial charge is 0.161 e. The molecule has 1 saturated heterocycles. The van der Waals surface area contributed by atoms with Gasteiger partial charge < -0.3 is 19.4 Å². The number of aromatic nitrogens is 4. The van der Waals surface area contributed by atoms with Crippen LogP contribution in [-0.2, 0) is 0 Å². The molecule has 2 aromatic heterocycles. The van der Waals surface area contributed by atoms with E-state index in [1.807, 2.05) is 12.1 Å². The summed E-state index contributed by atoms with van der Waals surface area (Å²) in [6.07, 6.45) is 2.58. The van der Waals surface area contributed by atoms with Crippen LogP contribution >= 0.6 is 27.5 Å². The zero-order valence-electron chi connectivity index (χ0n) is 19.4. The Balaban J connectivity index is 1.42. The molecule has 178 valence electrons. The first-order chi connectivity index (χ1) is 16.0. The molecule has 3 aromatic rings. The molecule has 1 fully saturated rings. The molecule has 8 nitrogen and oxygen atoms in total. The second-order valence-corrected chi connectivity index (χ2v) is 9.37. The Hall–Kier alpha value is -2.10. The van der Waals surface area contributed by atoms with Gasteiger partial charge in [-0.25, -0.2) is 9.97 Å². The number of anilines is 2. The third-order valence-corrected chi connectivity index (χ3v) is 7.07. The lowest BCUT2D eigenvalue weighted by Crippen LogP contribution is -2.47. The van der Waals surface area contributed by atoms with Crippen LogP contribution in [0.2, 0.25) is 5.02 Å². The fourth-order valence-corrected chi connectivity index (χ4v) is 4.99. The fourth-order valence-electron chi connectivity index (χ4n) is 4.34. The molecule has 0 saturated carbocycles. The molecule has 1 N–H and O–H groups in total. The number of benzene rings is 1. The largest absolute Gasteiger partial charge is 0.493 e. The third-order valence-electron chi connectivity index (χ3n) is 6.28. The summed E-state index contributed by atoms with van der Waals surface area (Å²) in [5.41, 5.74) is 3.01. The lowest BCUT2D eigenvalue weighted by atomic mass is 10.1. The van der Waals surface area contributed by atoms with E-state index in [1.165, 1.54) is 0 Å². The number of ether oxygens (including phenoxy) is 1. The maximum Gasteiger partial charge on any atom is 0.161 e. The molecule has 0 amide bonds. The molecule has 1 aromatic carbocycles. The van der Waals surface area contributed by atoms with Gasteiger partial charge in [-0.05, 0) is 54.5 Å². The van der Waals surface area contributed by atoms with Crippen LogP contribution in [0.25, 0.3) is 11.0 Å². The highest BCUT2D eigenvalue weighted by Crippen LogP contribution is 2.35. The van der Waals surface area contributed by atoms with Gasteiger partial charge in [-0.2, -0.15) is 5.10 Å². The molecule has 10 heteroatoms. The van der Waals surface area contributed by atoms with Gasteiger partial charge in [0.05, 0.1) is 12.0 Å². The molecule has 0 aliphatic carbocycles. The first kappa shape index (κ1) is 24.0. The van der Waals surface area contributed by atoms with E-state index in [1.54, 1.807) is 6.33 Å². The van der Waals surface area contributed by atoms with Crippen molar-refractivity contribution < 1.29 is 4.74 Å². The average Bonchev–Trinajstić information content (AvgIpc) is 3.22. The Morgan fingerprint density at radius 2 is 1.85 bits per heavy atom. The van der Waals surface area contributed by atoms with Crippen molar-refractivity contribution in [3.8, 4) is 5.75 Å². The monoisotopic (exact) mass is 535 g/mol. The van der Waals surface area contributed by atoms with Gasteiger partial charge in [0.1, 0.15) is 22.5 Å². The summed E-state index contributed by atoms with van der Waals surface area (Å²) in [6, 6.07) is 3.98. The second-order valence-electron chi connectivity index (χ2n) is 8.19. The Kier molecular flexibility index (Phi) is 7.93. The number of nitrogens with zero attached hydrogens (tertiary/aromatic N) is 6. The summed E-state index contributed by atoms with van der Waals surface area (Å²) in [4.78, 5) is 15.9. The SMILES string of the molecule is CCN(CC)CCCOc1cc(Cl)cc(N2CCN(c3ncnc4[nH]nc(Br)c34)CC2)c1C. The van der Waals surface area contributed by atoms with Crippen molar-refractivity contribution in [1.29, 1.82) is 0 Å². The number of hydrogen-bond donors (Lipinski definition) is 1. The molecule has 0 spiro atoms. The summed E-state index contributed by atoms with van der Waals surface area (Å²) < 4.78 is 6.89. The maximum absolute atomic E-state index is 6.49. The van der Waals surface area contributed by atoms with E-state index in [2.05, 4.69) is 71.6 Å². The molecular weight excluding hydrogens is 506 g/mol. The van der Waals surface area contributed by atoms with Gasteiger partial charge in [0.25, 0.3) is 0 Å². The van der Waals surface area contributed by atoms with Crippen LogP contribution in [-0.4, -0.2) is 77.5 Å². The topological polar surface area (TPSA) is 73.4 Å². The summed E-state index contributed by atoms with van der Waals surface area (Å²) in [6.45, 7) is 13.8. The zero-order chi connectivity index (χ0) is 23.4. The molecule has 0 atom stereocenters. The predicted molar refractivity (Wildman–Crippen MR) is 138 cm³/mol. The number of halogens is 2. The van der Waals surface area contributed by atoms with Crippen molar-refractivity contribution in [3.63, 3.8) is 0 Å². The highest BCUT2D eigenvalue weighted by Gasteiger charge is 2.24. The van der Waals surface area contributed by atoms with Gasteiger partial charge in [0.15, 0.2) is 5.65 Å². The van der Waals surface area contributed by atoms with Crippen molar-refractivity contribution in [2.45, 2.75) is 27.2 Å². The highest BCUT2D eigenvalue weighted by atomic mass is 79.9. The molecule has 4 rings (SSSR count). The minimum Gasteiger partial charge on any atom is -0.493 e. The molecule has 1 aliphatic heterocycles. The minimum absolute atomic E-state index is 0.689. The van der Waals surface area contributed by atoms with Gasteiger partial charge >= 0.3 is 0 Å². The van der Waals surface area contributed by atoms with E-state index in [4.69, 9.17) is 16.3 Å². The summed E-state index contributed by atoms with van der Waals surface area (Å²) in [5.74, 6) is 1.78. The van der Waals surface area contributed by atoms with Crippen LogP contribution in [0.3, 0.4) is 0 Å². The third kappa shape index (κ3) is 5.36. The first-order valence-electron chi connectivity index (χ1n) is 11.5. The molecule has 33 heavy (non-hydrogen) atoms. The number of aromatic amines is 1. The fraction of sp³-hybridized carbons (Fsp3) is 0.522. The van der Waals surface area contributed by atoms with E-state index in [-0.39, 0.29) is 0 Å². The standard InChI is InChI=1S/C23H31BrClN7O/c1-4-30(5-2)7-6-12-33-19-14-17(25)13-18(16(19)3)31-8-10-32(11-9-31)23-20-21(24)28-29-22(20)26-15-27-23/h13-15H,4-12H2,1-3H3,(H,26,27,28,29). The van der Waals surface area contributed by atoms with Gasteiger partial charge in [-0.3, -0.25) is 5.10 Å². The number of piperazine rings is 1. The molecule has 0 radical (unpaired) electrons. The Bertz CT molecular complexity index is 1080. The van der Waals surface area contributed by atoms with E-state index in [0.29, 0.717) is 11.6 Å². The number of rotatable bonds is 9. The van der Waals surface area contributed by atoms with Crippen molar-refractivity contribution in [1.82, 2.24) is 25.1 Å². The zero-order valence-corrected chi connectivity index (χ0v) is 21.8. The second kappa shape index (κ2) is 10.9. The molecule has 0 unspecified atom stereocenters. The van der Waals surface area contributed by atoms with Gasteiger partial charge in [-0.15, -0.1) is 0 Å². The van der Waals surface area contributed by atoms with E-state index in [9.17, 15) is 0 Å². The van der Waals surface area contributed by atoms with Crippen molar-refractivity contribution in [2.75, 3.05) is 62.2 Å². The number of H-pyrrole nitrogens is 1. The maximum atomic E-state index is 6.49. The molecule has 0 bridgehead atoms.